The smallest absolute Gasteiger partial charge is 0.407 e. The highest BCUT2D eigenvalue weighted by atomic mass is 16.6. The Morgan fingerprint density at radius 3 is 1.41 bits per heavy atom. The number of ether oxygens (including phenoxy) is 5. The molecule has 0 heterocycles. The third-order valence-electron chi connectivity index (χ3n) is 9.54. The van der Waals surface area contributed by atoms with E-state index >= 15 is 0 Å². The number of hydrogen-bond acceptors (Lipinski definition) is 11. The molecule has 0 aliphatic heterocycles. The number of esters is 2. The van der Waals surface area contributed by atoms with Crippen LogP contribution in [-0.4, -0.2) is 92.8 Å². The molecule has 4 amide bonds. The Morgan fingerprint density at radius 1 is 0.611 bits per heavy atom. The van der Waals surface area contributed by atoms with E-state index in [2.05, 4.69) is 69.0 Å². The lowest BCUT2D eigenvalue weighted by atomic mass is 9.62. The highest BCUT2D eigenvalue weighted by Crippen LogP contribution is 2.47. The summed E-state index contributed by atoms with van der Waals surface area (Å²) in [5.41, 5.74) is -0.964. The molecule has 15 nitrogen and oxygen atoms in total. The second-order valence-corrected chi connectivity index (χ2v) is 17.5. The molecule has 0 spiro atoms. The molecule has 2 fully saturated rings. The predicted molar refractivity (Wildman–Crippen MR) is 201 cm³/mol. The van der Waals surface area contributed by atoms with Crippen LogP contribution in [0.5, 0.6) is 0 Å². The van der Waals surface area contributed by atoms with Gasteiger partial charge in [-0.1, -0.05) is 54.7 Å². The maximum atomic E-state index is 13.2. The van der Waals surface area contributed by atoms with E-state index in [-0.39, 0.29) is 59.3 Å². The van der Waals surface area contributed by atoms with Crippen LogP contribution >= 0.6 is 0 Å². The van der Waals surface area contributed by atoms with Crippen LogP contribution < -0.4 is 21.3 Å². The summed E-state index contributed by atoms with van der Waals surface area (Å²) in [5.74, 6) is -1.44. The topological polar surface area (TPSA) is 197 Å². The molecule has 7 unspecified atom stereocenters. The molecule has 15 heteroatoms. The van der Waals surface area contributed by atoms with Crippen molar-refractivity contribution in [1.82, 2.24) is 21.3 Å². The van der Waals surface area contributed by atoms with Crippen molar-refractivity contribution in [2.24, 2.45) is 21.7 Å². The number of hydrogen-bond donors (Lipinski definition) is 4. The molecule has 2 saturated carbocycles. The average Bonchev–Trinajstić information content (AvgIpc) is 3.02. The first kappa shape index (κ1) is 45.9. The minimum Gasteiger partial charge on any atom is -0.459 e. The Morgan fingerprint density at radius 2 is 1.00 bits per heavy atom. The Labute approximate surface area is 320 Å². The molecule has 0 saturated heterocycles. The van der Waals surface area contributed by atoms with E-state index in [4.69, 9.17) is 23.7 Å². The molecule has 4 N–H and O–H groups in total. The first-order valence-electron chi connectivity index (χ1n) is 18.7. The van der Waals surface area contributed by atoms with Crippen LogP contribution in [0.3, 0.4) is 0 Å². The second kappa shape index (κ2) is 19.9. The summed E-state index contributed by atoms with van der Waals surface area (Å²) in [5, 5.41) is 11.7. The number of carbonyl (C=O) groups is 6. The van der Waals surface area contributed by atoms with Crippen LogP contribution in [0.25, 0.3) is 0 Å². The van der Waals surface area contributed by atoms with Gasteiger partial charge in [-0.25, -0.2) is 24.0 Å². The van der Waals surface area contributed by atoms with Crippen molar-refractivity contribution < 1.29 is 52.5 Å². The van der Waals surface area contributed by atoms with Gasteiger partial charge in [0.15, 0.2) is 0 Å². The van der Waals surface area contributed by atoms with Crippen molar-refractivity contribution in [2.75, 3.05) is 26.3 Å². The van der Waals surface area contributed by atoms with Gasteiger partial charge in [-0.15, -0.1) is 0 Å². The molecule has 0 aromatic heterocycles. The van der Waals surface area contributed by atoms with Crippen LogP contribution in [0, 0.1) is 21.7 Å². The van der Waals surface area contributed by atoms with Crippen molar-refractivity contribution in [2.45, 2.75) is 138 Å². The first-order chi connectivity index (χ1) is 24.9. The predicted octanol–water partition coefficient (Wildman–Crippen LogP) is 5.47. The number of carbonyl (C=O) groups excluding carboxylic acids is 6. The Kier molecular flexibility index (Phi) is 16.9. The van der Waals surface area contributed by atoms with Crippen molar-refractivity contribution in [3.8, 4) is 0 Å². The normalized spacial score (nSPS) is 25.9. The molecule has 7 atom stereocenters. The quantitative estimate of drug-likeness (QED) is 0.0834. The fourth-order valence-electron chi connectivity index (χ4n) is 8.32. The van der Waals surface area contributed by atoms with Gasteiger partial charge in [0.2, 0.25) is 5.91 Å². The van der Waals surface area contributed by atoms with Crippen LogP contribution in [-0.2, 0) is 38.1 Å². The van der Waals surface area contributed by atoms with Crippen molar-refractivity contribution in [3.05, 3.63) is 25.3 Å². The number of alkyl carbamates (subject to hydrolysis) is 3. The molecular formula is C39H64N4O11. The van der Waals surface area contributed by atoms with Crippen molar-refractivity contribution >= 4 is 36.1 Å². The molecule has 0 aromatic carbocycles. The van der Waals surface area contributed by atoms with Gasteiger partial charge in [0.1, 0.15) is 31.5 Å². The molecule has 54 heavy (non-hydrogen) atoms. The lowest BCUT2D eigenvalue weighted by Crippen LogP contribution is -2.51. The van der Waals surface area contributed by atoms with Crippen LogP contribution in [0.4, 0.5) is 14.4 Å². The van der Waals surface area contributed by atoms with E-state index < -0.39 is 48.5 Å². The van der Waals surface area contributed by atoms with Gasteiger partial charge in [0, 0.05) is 37.3 Å². The maximum absolute atomic E-state index is 13.2. The Hall–Kier alpha value is -4.30. The standard InChI is InChI=1S/C39H64N4O11/c1-12-31(45)50-19-26(4)53-33(47)40-23-38(10)17-28(15-36(6,7)21-38)42-30(44)14-25(3)52-35(49)43-29-16-37(8,9)22-39(11,18-29)24-41-34(48)54-27(5)20-51-32(46)13-2/h12-13,25-29H,1-2,14-24H2,3-11H3,(H,40,47)(H,41,48)(H,42,44)(H,43,49). The molecule has 0 aromatic rings. The maximum Gasteiger partial charge on any atom is 0.407 e. The molecule has 2 aliphatic rings. The summed E-state index contributed by atoms with van der Waals surface area (Å²) in [4.78, 5) is 73.6. The van der Waals surface area contributed by atoms with Gasteiger partial charge in [0.05, 0.1) is 6.42 Å². The Balaban J connectivity index is 1.85. The number of nitrogens with one attached hydrogen (secondary N) is 4. The lowest BCUT2D eigenvalue weighted by molar-refractivity contribution is -0.141. The van der Waals surface area contributed by atoms with E-state index in [1.54, 1.807) is 20.8 Å². The van der Waals surface area contributed by atoms with Crippen molar-refractivity contribution in [1.29, 1.82) is 0 Å². The third kappa shape index (κ3) is 17.2. The fraction of sp³-hybridized carbons (Fsp3) is 0.744. The SMILES string of the molecule is C=CC(=O)OCC(C)OC(=O)NCC1(C)CC(NC(=O)CC(C)OC(=O)NC2CC(C)(C)CC(C)(CNC(=O)OC(C)COC(=O)C=C)C2)CC(C)(C)C1. The molecule has 306 valence electrons. The molecule has 0 bridgehead atoms. The van der Waals surface area contributed by atoms with Gasteiger partial charge in [-0.2, -0.15) is 0 Å². The van der Waals surface area contributed by atoms with Crippen LogP contribution in [0.1, 0.15) is 107 Å². The van der Waals surface area contributed by atoms with Gasteiger partial charge in [-0.05, 0) is 81.0 Å². The molecule has 2 aliphatic carbocycles. The third-order valence-corrected chi connectivity index (χ3v) is 9.54. The summed E-state index contributed by atoms with van der Waals surface area (Å²) < 4.78 is 26.1. The molecule has 0 radical (unpaired) electrons. The minimum atomic E-state index is -0.690. The monoisotopic (exact) mass is 764 g/mol. The summed E-state index contributed by atoms with van der Waals surface area (Å²) in [7, 11) is 0. The van der Waals surface area contributed by atoms with Gasteiger partial charge in [-0.3, -0.25) is 4.79 Å². The van der Waals surface area contributed by atoms with Crippen LogP contribution in [0.2, 0.25) is 0 Å². The summed E-state index contributed by atoms with van der Waals surface area (Å²) in [6.45, 7) is 24.6. The number of amides is 4. The second-order valence-electron chi connectivity index (χ2n) is 17.5. The molecule has 2 rings (SSSR count). The highest BCUT2D eigenvalue weighted by molar-refractivity contribution is 5.81. The Bertz CT molecular complexity index is 1270. The van der Waals surface area contributed by atoms with E-state index in [1.807, 2.05) is 6.92 Å². The fourth-order valence-corrected chi connectivity index (χ4v) is 8.32. The first-order valence-corrected chi connectivity index (χ1v) is 18.7. The van der Waals surface area contributed by atoms with E-state index in [0.29, 0.717) is 32.4 Å². The van der Waals surface area contributed by atoms with Gasteiger partial charge >= 0.3 is 30.2 Å². The highest BCUT2D eigenvalue weighted by Gasteiger charge is 2.43. The summed E-state index contributed by atoms with van der Waals surface area (Å²) in [6.07, 6.45) is 2.46. The molecular weight excluding hydrogens is 700 g/mol. The lowest BCUT2D eigenvalue weighted by Gasteiger charge is -2.47. The van der Waals surface area contributed by atoms with Gasteiger partial charge in [0.25, 0.3) is 0 Å². The number of rotatable bonds is 17. The summed E-state index contributed by atoms with van der Waals surface area (Å²) >= 11 is 0. The van der Waals surface area contributed by atoms with E-state index in [9.17, 15) is 28.8 Å². The zero-order chi connectivity index (χ0) is 40.9. The van der Waals surface area contributed by atoms with E-state index in [1.165, 1.54) is 0 Å². The zero-order valence-electron chi connectivity index (χ0n) is 33.7. The minimum absolute atomic E-state index is 0.0227. The van der Waals surface area contributed by atoms with Crippen LogP contribution in [0.15, 0.2) is 25.3 Å². The summed E-state index contributed by atoms with van der Waals surface area (Å²) in [6, 6.07) is -0.387. The van der Waals surface area contributed by atoms with Crippen molar-refractivity contribution in [3.63, 3.8) is 0 Å². The van der Waals surface area contributed by atoms with E-state index in [0.717, 1.165) is 31.4 Å². The largest absolute Gasteiger partial charge is 0.459 e. The zero-order valence-corrected chi connectivity index (χ0v) is 33.7. The van der Waals surface area contributed by atoms with Gasteiger partial charge < -0.3 is 45.0 Å². The average molecular weight is 765 g/mol.